The zero-order valence-corrected chi connectivity index (χ0v) is 15.9. The average Bonchev–Trinajstić information content (AvgIpc) is 2.62. The van der Waals surface area contributed by atoms with Gasteiger partial charge in [0.25, 0.3) is 0 Å². The molecule has 0 bridgehead atoms. The van der Waals surface area contributed by atoms with Crippen molar-refractivity contribution >= 4 is 12.2 Å². The number of carbonyl (C=O) groups excluding carboxylic acids is 1. The quantitative estimate of drug-likeness (QED) is 0.689. The standard InChI is InChI=1S/C23H27NO2/c1-23(2,3)26-22(25)24-15-13-18(14-16-24)17-20-11-7-8-12-21(20)19-9-5-4-6-10-19/h4-12,17H,13-16H2,1-3H3. The molecule has 2 aromatic rings. The number of amides is 1. The lowest BCUT2D eigenvalue weighted by Gasteiger charge is -2.31. The Labute approximate surface area is 156 Å². The summed E-state index contributed by atoms with van der Waals surface area (Å²) in [5, 5.41) is 0. The van der Waals surface area contributed by atoms with E-state index in [2.05, 4.69) is 54.6 Å². The lowest BCUT2D eigenvalue weighted by molar-refractivity contribution is 0.0237. The van der Waals surface area contributed by atoms with E-state index in [9.17, 15) is 4.79 Å². The van der Waals surface area contributed by atoms with Crippen LogP contribution in [0.5, 0.6) is 0 Å². The molecule has 26 heavy (non-hydrogen) atoms. The third kappa shape index (κ3) is 4.75. The molecule has 1 aliphatic rings. The van der Waals surface area contributed by atoms with Crippen LogP contribution in [0.25, 0.3) is 17.2 Å². The van der Waals surface area contributed by atoms with Gasteiger partial charge in [0.15, 0.2) is 0 Å². The Kier molecular flexibility index (Phi) is 5.46. The fourth-order valence-electron chi connectivity index (χ4n) is 3.17. The predicted octanol–water partition coefficient (Wildman–Crippen LogP) is 5.77. The number of nitrogens with zero attached hydrogens (tertiary/aromatic N) is 1. The van der Waals surface area contributed by atoms with Crippen LogP contribution >= 0.6 is 0 Å². The Morgan fingerprint density at radius 2 is 1.58 bits per heavy atom. The molecule has 1 aliphatic heterocycles. The van der Waals surface area contributed by atoms with Crippen LogP contribution < -0.4 is 0 Å². The van der Waals surface area contributed by atoms with Crippen molar-refractivity contribution in [3.05, 3.63) is 65.7 Å². The molecular formula is C23H27NO2. The summed E-state index contributed by atoms with van der Waals surface area (Å²) >= 11 is 0. The summed E-state index contributed by atoms with van der Waals surface area (Å²) in [6.07, 6.45) is 3.86. The van der Waals surface area contributed by atoms with Crippen molar-refractivity contribution in [3.8, 4) is 11.1 Å². The van der Waals surface area contributed by atoms with Gasteiger partial charge in [0.05, 0.1) is 0 Å². The largest absolute Gasteiger partial charge is 0.444 e. The third-order valence-electron chi connectivity index (χ3n) is 4.46. The summed E-state index contributed by atoms with van der Waals surface area (Å²) in [6.45, 7) is 7.14. The highest BCUT2D eigenvalue weighted by Gasteiger charge is 2.24. The number of carbonyl (C=O) groups is 1. The average molecular weight is 349 g/mol. The fraction of sp³-hybridized carbons (Fsp3) is 0.348. The number of rotatable bonds is 2. The van der Waals surface area contributed by atoms with E-state index in [4.69, 9.17) is 4.74 Å². The molecule has 1 fully saturated rings. The first-order chi connectivity index (χ1) is 12.4. The number of ether oxygens (including phenoxy) is 1. The third-order valence-corrected chi connectivity index (χ3v) is 4.46. The first-order valence-electron chi connectivity index (χ1n) is 9.24. The zero-order chi connectivity index (χ0) is 18.6. The Bertz CT molecular complexity index is 777. The Balaban J connectivity index is 1.71. The highest BCUT2D eigenvalue weighted by molar-refractivity contribution is 5.76. The molecule has 0 aromatic heterocycles. The Morgan fingerprint density at radius 1 is 0.962 bits per heavy atom. The molecule has 1 saturated heterocycles. The summed E-state index contributed by atoms with van der Waals surface area (Å²) in [6, 6.07) is 18.9. The second-order valence-electron chi connectivity index (χ2n) is 7.72. The van der Waals surface area contributed by atoms with Gasteiger partial charge in [-0.25, -0.2) is 4.79 Å². The van der Waals surface area contributed by atoms with Gasteiger partial charge in [-0.1, -0.05) is 66.2 Å². The number of likely N-dealkylation sites (tertiary alicyclic amines) is 1. The molecular weight excluding hydrogens is 322 g/mol. The van der Waals surface area contributed by atoms with Crippen LogP contribution in [-0.2, 0) is 4.74 Å². The van der Waals surface area contributed by atoms with Gasteiger partial charge in [0, 0.05) is 13.1 Å². The summed E-state index contributed by atoms with van der Waals surface area (Å²) in [4.78, 5) is 14.0. The van der Waals surface area contributed by atoms with Crippen molar-refractivity contribution in [1.82, 2.24) is 4.90 Å². The van der Waals surface area contributed by atoms with Crippen LogP contribution in [0.2, 0.25) is 0 Å². The fourth-order valence-corrected chi connectivity index (χ4v) is 3.17. The monoisotopic (exact) mass is 349 g/mol. The lowest BCUT2D eigenvalue weighted by Crippen LogP contribution is -2.40. The molecule has 2 aromatic carbocycles. The molecule has 3 heteroatoms. The highest BCUT2D eigenvalue weighted by Crippen LogP contribution is 2.28. The van der Waals surface area contributed by atoms with E-state index < -0.39 is 5.60 Å². The van der Waals surface area contributed by atoms with Gasteiger partial charge in [-0.15, -0.1) is 0 Å². The number of hydrogen-bond donors (Lipinski definition) is 0. The van der Waals surface area contributed by atoms with Crippen molar-refractivity contribution in [2.45, 2.75) is 39.2 Å². The summed E-state index contributed by atoms with van der Waals surface area (Å²) in [5.74, 6) is 0. The molecule has 0 unspecified atom stereocenters. The van der Waals surface area contributed by atoms with E-state index in [0.29, 0.717) is 13.1 Å². The van der Waals surface area contributed by atoms with Crippen LogP contribution in [0.15, 0.2) is 60.2 Å². The van der Waals surface area contributed by atoms with Crippen molar-refractivity contribution in [1.29, 1.82) is 0 Å². The van der Waals surface area contributed by atoms with E-state index in [0.717, 1.165) is 12.8 Å². The minimum atomic E-state index is -0.443. The summed E-state index contributed by atoms with van der Waals surface area (Å²) in [5.41, 5.74) is 4.65. The van der Waals surface area contributed by atoms with Crippen molar-refractivity contribution in [2.24, 2.45) is 0 Å². The molecule has 0 atom stereocenters. The second-order valence-corrected chi connectivity index (χ2v) is 7.72. The number of hydrogen-bond acceptors (Lipinski definition) is 2. The predicted molar refractivity (Wildman–Crippen MR) is 107 cm³/mol. The molecule has 0 radical (unpaired) electrons. The van der Waals surface area contributed by atoms with Crippen LogP contribution in [0.4, 0.5) is 4.79 Å². The molecule has 0 spiro atoms. The van der Waals surface area contributed by atoms with Gasteiger partial charge < -0.3 is 9.64 Å². The number of benzene rings is 2. The molecule has 0 saturated carbocycles. The first kappa shape index (κ1) is 18.2. The van der Waals surface area contributed by atoms with Crippen LogP contribution in [0.3, 0.4) is 0 Å². The van der Waals surface area contributed by atoms with Gasteiger partial charge in [0.2, 0.25) is 0 Å². The summed E-state index contributed by atoms with van der Waals surface area (Å²) in [7, 11) is 0. The molecule has 1 amide bonds. The van der Waals surface area contributed by atoms with Crippen LogP contribution in [-0.4, -0.2) is 29.7 Å². The maximum Gasteiger partial charge on any atom is 0.410 e. The van der Waals surface area contributed by atoms with Crippen LogP contribution in [0.1, 0.15) is 39.2 Å². The van der Waals surface area contributed by atoms with E-state index in [1.165, 1.54) is 22.3 Å². The van der Waals surface area contributed by atoms with Crippen molar-refractivity contribution in [2.75, 3.05) is 13.1 Å². The minimum absolute atomic E-state index is 0.207. The van der Waals surface area contributed by atoms with Crippen LogP contribution in [0, 0.1) is 0 Å². The topological polar surface area (TPSA) is 29.5 Å². The number of piperidine rings is 1. The minimum Gasteiger partial charge on any atom is -0.444 e. The molecule has 0 N–H and O–H groups in total. The summed E-state index contributed by atoms with van der Waals surface area (Å²) < 4.78 is 5.48. The molecule has 136 valence electrons. The van der Waals surface area contributed by atoms with E-state index in [-0.39, 0.29) is 6.09 Å². The molecule has 3 nitrogen and oxygen atoms in total. The van der Waals surface area contributed by atoms with Gasteiger partial charge in [0.1, 0.15) is 5.60 Å². The van der Waals surface area contributed by atoms with Gasteiger partial charge in [-0.2, -0.15) is 0 Å². The molecule has 0 aliphatic carbocycles. The molecule has 1 heterocycles. The van der Waals surface area contributed by atoms with Gasteiger partial charge >= 0.3 is 6.09 Å². The smallest absolute Gasteiger partial charge is 0.410 e. The van der Waals surface area contributed by atoms with Crippen molar-refractivity contribution in [3.63, 3.8) is 0 Å². The molecule has 3 rings (SSSR count). The van der Waals surface area contributed by atoms with Crippen molar-refractivity contribution < 1.29 is 9.53 Å². The maximum atomic E-state index is 12.2. The Hall–Kier alpha value is -2.55. The Morgan fingerprint density at radius 3 is 2.23 bits per heavy atom. The van der Waals surface area contributed by atoms with E-state index in [1.54, 1.807) is 0 Å². The van der Waals surface area contributed by atoms with E-state index >= 15 is 0 Å². The van der Waals surface area contributed by atoms with Gasteiger partial charge in [-0.3, -0.25) is 0 Å². The highest BCUT2D eigenvalue weighted by atomic mass is 16.6. The SMILES string of the molecule is CC(C)(C)OC(=O)N1CCC(=Cc2ccccc2-c2ccccc2)CC1. The zero-order valence-electron chi connectivity index (χ0n) is 15.9. The van der Waals surface area contributed by atoms with E-state index in [1.807, 2.05) is 31.7 Å². The maximum absolute atomic E-state index is 12.2. The first-order valence-corrected chi connectivity index (χ1v) is 9.24. The second kappa shape index (κ2) is 7.77. The normalized spacial score (nSPS) is 14.9. The lowest BCUT2D eigenvalue weighted by atomic mass is 9.95. The van der Waals surface area contributed by atoms with Gasteiger partial charge in [-0.05, 0) is 50.3 Å².